The number of benzene rings is 2. The monoisotopic (exact) mass is 386 g/mol. The number of ether oxygens (including phenoxy) is 1. The molecule has 1 N–H and O–H groups in total. The molecule has 0 spiro atoms. The van der Waals surface area contributed by atoms with Gasteiger partial charge in [0, 0.05) is 30.4 Å². The Balaban J connectivity index is 1.82. The summed E-state index contributed by atoms with van der Waals surface area (Å²) >= 11 is 1.40. The first-order valence-electron chi connectivity index (χ1n) is 8.74. The lowest BCUT2D eigenvalue weighted by Crippen LogP contribution is -2.30. The van der Waals surface area contributed by atoms with Crippen LogP contribution in [0.4, 0.5) is 11.4 Å². The number of thioether (sulfide) groups is 1. The molecule has 144 valence electrons. The fourth-order valence-corrected chi connectivity index (χ4v) is 3.09. The predicted molar refractivity (Wildman–Crippen MR) is 112 cm³/mol. The van der Waals surface area contributed by atoms with Crippen molar-refractivity contribution in [2.24, 2.45) is 0 Å². The van der Waals surface area contributed by atoms with Crippen molar-refractivity contribution in [3.63, 3.8) is 0 Å². The fourth-order valence-electron chi connectivity index (χ4n) is 2.32. The number of amides is 1. The maximum Gasteiger partial charge on any atom is 0.317 e. The van der Waals surface area contributed by atoms with Crippen molar-refractivity contribution in [3.8, 4) is 0 Å². The Morgan fingerprint density at radius 3 is 2.33 bits per heavy atom. The van der Waals surface area contributed by atoms with E-state index < -0.39 is 12.1 Å². The lowest BCUT2D eigenvalue weighted by atomic mass is 10.1. The van der Waals surface area contributed by atoms with E-state index in [2.05, 4.69) is 5.32 Å². The van der Waals surface area contributed by atoms with Gasteiger partial charge in [-0.2, -0.15) is 0 Å². The molecule has 0 radical (unpaired) electrons. The number of hydrogen-bond donors (Lipinski definition) is 1. The third-order valence-corrected chi connectivity index (χ3v) is 5.13. The molecule has 1 atom stereocenters. The summed E-state index contributed by atoms with van der Waals surface area (Å²) < 4.78 is 5.24. The van der Waals surface area contributed by atoms with Crippen molar-refractivity contribution in [1.82, 2.24) is 0 Å². The molecule has 2 aromatic rings. The predicted octanol–water partition coefficient (Wildman–Crippen LogP) is 4.03. The highest BCUT2D eigenvalue weighted by Crippen LogP contribution is 2.21. The van der Waals surface area contributed by atoms with Crippen LogP contribution < -0.4 is 10.2 Å². The highest BCUT2D eigenvalue weighted by Gasteiger charge is 2.18. The Morgan fingerprint density at radius 2 is 1.74 bits per heavy atom. The zero-order valence-corrected chi connectivity index (χ0v) is 17.2. The Kier molecular flexibility index (Phi) is 7.30. The van der Waals surface area contributed by atoms with Gasteiger partial charge >= 0.3 is 5.97 Å². The summed E-state index contributed by atoms with van der Waals surface area (Å²) in [6.45, 7) is 5.66. The van der Waals surface area contributed by atoms with E-state index in [0.717, 1.165) is 10.6 Å². The number of carbonyl (C=O) groups is 2. The molecule has 0 fully saturated rings. The molecule has 0 saturated carbocycles. The number of nitrogens with one attached hydrogen (secondary N) is 1. The summed E-state index contributed by atoms with van der Waals surface area (Å²) in [5, 5.41) is 2.76. The van der Waals surface area contributed by atoms with Crippen LogP contribution in [0.1, 0.15) is 18.1 Å². The largest absolute Gasteiger partial charge is 0.452 e. The van der Waals surface area contributed by atoms with Crippen LogP contribution in [0.2, 0.25) is 0 Å². The Morgan fingerprint density at radius 1 is 1.07 bits per heavy atom. The number of nitrogens with zero attached hydrogens (tertiary/aromatic N) is 1. The topological polar surface area (TPSA) is 58.6 Å². The van der Waals surface area contributed by atoms with E-state index >= 15 is 0 Å². The first-order chi connectivity index (χ1) is 12.8. The van der Waals surface area contributed by atoms with E-state index in [0.29, 0.717) is 5.69 Å². The number of hydrogen-bond acceptors (Lipinski definition) is 5. The summed E-state index contributed by atoms with van der Waals surface area (Å²) in [5.41, 5.74) is 4.10. The number of carbonyl (C=O) groups excluding carboxylic acids is 2. The van der Waals surface area contributed by atoms with Crippen molar-refractivity contribution in [2.45, 2.75) is 31.8 Å². The second kappa shape index (κ2) is 9.46. The second-order valence-corrected chi connectivity index (χ2v) is 7.65. The number of aryl methyl sites for hydroxylation is 2. The van der Waals surface area contributed by atoms with Gasteiger partial charge in [-0.1, -0.05) is 6.07 Å². The van der Waals surface area contributed by atoms with E-state index in [1.54, 1.807) is 6.92 Å². The second-order valence-electron chi connectivity index (χ2n) is 6.60. The van der Waals surface area contributed by atoms with Gasteiger partial charge in [0.15, 0.2) is 6.10 Å². The molecule has 0 bridgehead atoms. The highest BCUT2D eigenvalue weighted by molar-refractivity contribution is 8.00. The van der Waals surface area contributed by atoms with Gasteiger partial charge < -0.3 is 15.0 Å². The fraction of sp³-hybridized carbons (Fsp3) is 0.333. The summed E-state index contributed by atoms with van der Waals surface area (Å²) in [5.74, 6) is -0.599. The molecule has 6 heteroatoms. The zero-order valence-electron chi connectivity index (χ0n) is 16.4. The molecule has 0 unspecified atom stereocenters. The quantitative estimate of drug-likeness (QED) is 0.575. The summed E-state index contributed by atoms with van der Waals surface area (Å²) in [7, 11) is 3.90. The first-order valence-corrected chi connectivity index (χ1v) is 9.72. The Hall–Kier alpha value is -2.47. The third kappa shape index (κ3) is 6.32. The molecule has 0 aromatic heterocycles. The minimum Gasteiger partial charge on any atom is -0.452 e. The van der Waals surface area contributed by atoms with Crippen molar-refractivity contribution in [2.75, 3.05) is 30.1 Å². The minimum absolute atomic E-state index is 0.164. The third-order valence-electron chi connectivity index (χ3n) is 4.16. The smallest absolute Gasteiger partial charge is 0.317 e. The van der Waals surface area contributed by atoms with E-state index in [1.165, 1.54) is 22.9 Å². The molecule has 0 saturated heterocycles. The molecule has 5 nitrogen and oxygen atoms in total. The summed E-state index contributed by atoms with van der Waals surface area (Å²) in [6, 6.07) is 13.5. The molecule has 2 aromatic carbocycles. The number of esters is 1. The van der Waals surface area contributed by atoms with Gasteiger partial charge in [-0.15, -0.1) is 11.8 Å². The SMILES string of the molecule is Cc1ccc(SCC(=O)O[C@@H](C)C(=O)Nc2ccc(N(C)C)cc2)cc1C. The van der Waals surface area contributed by atoms with Gasteiger partial charge in [-0.05, 0) is 68.3 Å². The minimum atomic E-state index is -0.855. The van der Waals surface area contributed by atoms with Crippen molar-refractivity contribution in [1.29, 1.82) is 0 Å². The number of rotatable bonds is 7. The van der Waals surface area contributed by atoms with Crippen molar-refractivity contribution < 1.29 is 14.3 Å². The molecule has 0 aliphatic heterocycles. The molecule has 0 aliphatic carbocycles. The van der Waals surface area contributed by atoms with E-state index in [-0.39, 0.29) is 11.7 Å². The maximum atomic E-state index is 12.2. The molecule has 0 aliphatic rings. The van der Waals surface area contributed by atoms with Crippen LogP contribution in [0.5, 0.6) is 0 Å². The highest BCUT2D eigenvalue weighted by atomic mass is 32.2. The van der Waals surface area contributed by atoms with Crippen LogP contribution in [-0.4, -0.2) is 37.8 Å². The Bertz CT molecular complexity index is 804. The van der Waals surface area contributed by atoms with Crippen LogP contribution in [0.3, 0.4) is 0 Å². The standard InChI is InChI=1S/C21H26N2O3S/c1-14-6-11-19(12-15(14)2)27-13-20(24)26-16(3)21(25)22-17-7-9-18(10-8-17)23(4)5/h6-12,16H,13H2,1-5H3,(H,22,25)/t16-/m0/s1. The lowest BCUT2D eigenvalue weighted by Gasteiger charge is -2.15. The van der Waals surface area contributed by atoms with Crippen molar-refractivity contribution in [3.05, 3.63) is 53.6 Å². The normalized spacial score (nSPS) is 11.6. The Labute approximate surface area is 165 Å². The van der Waals surface area contributed by atoms with Crippen LogP contribution in [0.25, 0.3) is 0 Å². The van der Waals surface area contributed by atoms with Crippen LogP contribution in [0, 0.1) is 13.8 Å². The van der Waals surface area contributed by atoms with E-state index in [9.17, 15) is 9.59 Å². The summed E-state index contributed by atoms with van der Waals surface area (Å²) in [4.78, 5) is 27.2. The number of anilines is 2. The van der Waals surface area contributed by atoms with Crippen molar-refractivity contribution >= 4 is 35.0 Å². The molecule has 27 heavy (non-hydrogen) atoms. The van der Waals surface area contributed by atoms with Gasteiger partial charge in [0.1, 0.15) is 0 Å². The van der Waals surface area contributed by atoms with E-state index in [1.807, 2.05) is 75.3 Å². The summed E-state index contributed by atoms with van der Waals surface area (Å²) in [6.07, 6.45) is -0.855. The van der Waals surface area contributed by atoms with Gasteiger partial charge in [0.2, 0.25) is 0 Å². The van der Waals surface area contributed by atoms with Gasteiger partial charge in [-0.25, -0.2) is 0 Å². The maximum absolute atomic E-state index is 12.2. The van der Waals surface area contributed by atoms with Crippen LogP contribution in [-0.2, 0) is 14.3 Å². The zero-order chi connectivity index (χ0) is 20.0. The average Bonchev–Trinajstić information content (AvgIpc) is 2.63. The molecular weight excluding hydrogens is 360 g/mol. The van der Waals surface area contributed by atoms with Crippen LogP contribution in [0.15, 0.2) is 47.4 Å². The molecule has 0 heterocycles. The van der Waals surface area contributed by atoms with Gasteiger partial charge in [0.05, 0.1) is 5.75 Å². The lowest BCUT2D eigenvalue weighted by molar-refractivity contribution is -0.150. The molecule has 2 rings (SSSR count). The first kappa shape index (κ1) is 20.8. The van der Waals surface area contributed by atoms with Gasteiger partial charge in [0.25, 0.3) is 5.91 Å². The van der Waals surface area contributed by atoms with Crippen LogP contribution >= 0.6 is 11.8 Å². The van der Waals surface area contributed by atoms with Gasteiger partial charge in [-0.3, -0.25) is 9.59 Å². The average molecular weight is 387 g/mol. The molecular formula is C21H26N2O3S. The molecule has 1 amide bonds. The van der Waals surface area contributed by atoms with E-state index in [4.69, 9.17) is 4.74 Å².